The van der Waals surface area contributed by atoms with Gasteiger partial charge >= 0.3 is 5.97 Å². The largest absolute Gasteiger partial charge is 0.486 e. The Morgan fingerprint density at radius 2 is 1.93 bits per heavy atom. The van der Waals surface area contributed by atoms with E-state index in [9.17, 15) is 9.59 Å². The first-order valence-corrected chi connectivity index (χ1v) is 9.54. The van der Waals surface area contributed by atoms with Crippen molar-refractivity contribution in [2.45, 2.75) is 12.5 Å². The zero-order valence-electron chi connectivity index (χ0n) is 14.6. The first-order chi connectivity index (χ1) is 13.1. The molecule has 4 rings (SSSR count). The second-order valence-corrected chi connectivity index (χ2v) is 7.45. The molecule has 1 saturated heterocycles. The highest BCUT2D eigenvalue weighted by atomic mass is 32.1. The second kappa shape index (κ2) is 7.58. The van der Waals surface area contributed by atoms with Crippen LogP contribution >= 0.6 is 11.3 Å². The Morgan fingerprint density at radius 1 is 1.11 bits per heavy atom. The van der Waals surface area contributed by atoms with Gasteiger partial charge in [-0.1, -0.05) is 0 Å². The van der Waals surface area contributed by atoms with Gasteiger partial charge in [0, 0.05) is 18.0 Å². The number of amides is 1. The average molecular weight is 389 g/mol. The van der Waals surface area contributed by atoms with Gasteiger partial charge in [0.1, 0.15) is 13.2 Å². The third-order valence-electron chi connectivity index (χ3n) is 4.47. The number of carboxylic acids is 1. The van der Waals surface area contributed by atoms with Gasteiger partial charge < -0.3 is 24.2 Å². The van der Waals surface area contributed by atoms with E-state index >= 15 is 0 Å². The van der Waals surface area contributed by atoms with Crippen LogP contribution < -0.4 is 9.47 Å². The Bertz CT molecular complexity index is 864. The highest BCUT2D eigenvalue weighted by Crippen LogP contribution is 2.37. The van der Waals surface area contributed by atoms with Crippen molar-refractivity contribution in [3.8, 4) is 21.9 Å². The van der Waals surface area contributed by atoms with Crippen molar-refractivity contribution in [2.24, 2.45) is 0 Å². The van der Waals surface area contributed by atoms with E-state index in [4.69, 9.17) is 19.3 Å². The van der Waals surface area contributed by atoms with Crippen LogP contribution in [0.2, 0.25) is 0 Å². The molecule has 1 amide bonds. The number of hydrogen-bond acceptors (Lipinski definition) is 6. The molecule has 1 unspecified atom stereocenters. The van der Waals surface area contributed by atoms with Crippen molar-refractivity contribution in [1.29, 1.82) is 0 Å². The van der Waals surface area contributed by atoms with E-state index in [1.54, 1.807) is 11.0 Å². The number of nitrogens with zero attached hydrogens (tertiary/aromatic N) is 1. The minimum absolute atomic E-state index is 0.0949. The van der Waals surface area contributed by atoms with Crippen LogP contribution in [-0.4, -0.2) is 60.9 Å². The molecule has 2 aliphatic rings. The van der Waals surface area contributed by atoms with E-state index in [1.165, 1.54) is 11.3 Å². The molecule has 1 atom stereocenters. The summed E-state index contributed by atoms with van der Waals surface area (Å²) in [5.74, 6) is 0.425. The molecular formula is C19H19NO6S. The van der Waals surface area contributed by atoms with Crippen molar-refractivity contribution in [3.63, 3.8) is 0 Å². The van der Waals surface area contributed by atoms with E-state index in [1.807, 2.05) is 24.3 Å². The summed E-state index contributed by atoms with van der Waals surface area (Å²) in [5, 5.41) is 8.92. The number of hydrogen-bond donors (Lipinski definition) is 1. The molecule has 0 aliphatic carbocycles. The molecule has 1 aromatic heterocycles. The lowest BCUT2D eigenvalue weighted by Gasteiger charge is -2.32. The van der Waals surface area contributed by atoms with Gasteiger partial charge in [0.25, 0.3) is 5.91 Å². The SMILES string of the molecule is O=C(O)CC1CN(C(=O)c2ccc(-c3ccc4c(c3)OCCO4)s2)CCO1. The monoisotopic (exact) mass is 389 g/mol. The van der Waals surface area contributed by atoms with E-state index < -0.39 is 12.1 Å². The van der Waals surface area contributed by atoms with Crippen LogP contribution in [0.4, 0.5) is 0 Å². The number of fused-ring (bicyclic) bond motifs is 1. The molecule has 0 spiro atoms. The van der Waals surface area contributed by atoms with E-state index in [2.05, 4.69) is 0 Å². The number of morpholine rings is 1. The van der Waals surface area contributed by atoms with E-state index in [-0.39, 0.29) is 12.3 Å². The molecule has 0 bridgehead atoms. The Balaban J connectivity index is 1.49. The average Bonchev–Trinajstić information content (AvgIpc) is 3.17. The molecule has 0 saturated carbocycles. The molecule has 142 valence electrons. The minimum atomic E-state index is -0.925. The molecule has 1 aromatic carbocycles. The molecule has 27 heavy (non-hydrogen) atoms. The number of carbonyl (C=O) groups excluding carboxylic acids is 1. The first kappa shape index (κ1) is 17.8. The van der Waals surface area contributed by atoms with Crippen LogP contribution in [-0.2, 0) is 9.53 Å². The Kier molecular flexibility index (Phi) is 5.00. The lowest BCUT2D eigenvalue weighted by Crippen LogP contribution is -2.46. The van der Waals surface area contributed by atoms with Crippen molar-refractivity contribution < 1.29 is 28.9 Å². The fourth-order valence-electron chi connectivity index (χ4n) is 3.18. The fourth-order valence-corrected chi connectivity index (χ4v) is 4.15. The van der Waals surface area contributed by atoms with Crippen molar-refractivity contribution in [3.05, 3.63) is 35.2 Å². The summed E-state index contributed by atoms with van der Waals surface area (Å²) in [6.07, 6.45) is -0.561. The van der Waals surface area contributed by atoms with Gasteiger partial charge in [-0.3, -0.25) is 9.59 Å². The summed E-state index contributed by atoms with van der Waals surface area (Å²) >= 11 is 1.41. The summed E-state index contributed by atoms with van der Waals surface area (Å²) in [5.41, 5.74) is 0.967. The quantitative estimate of drug-likeness (QED) is 0.865. The number of benzene rings is 1. The maximum absolute atomic E-state index is 12.8. The predicted molar refractivity (Wildman–Crippen MR) is 98.6 cm³/mol. The molecule has 7 nitrogen and oxygen atoms in total. The number of carboxylic acid groups (broad SMARTS) is 1. The van der Waals surface area contributed by atoms with Crippen molar-refractivity contribution >= 4 is 23.2 Å². The normalized spacial score (nSPS) is 19.0. The van der Waals surface area contributed by atoms with Gasteiger partial charge in [0.05, 0.1) is 24.0 Å². The maximum Gasteiger partial charge on any atom is 0.306 e. The van der Waals surface area contributed by atoms with E-state index in [0.29, 0.717) is 43.5 Å². The van der Waals surface area contributed by atoms with Crippen molar-refractivity contribution in [1.82, 2.24) is 4.90 Å². The van der Waals surface area contributed by atoms with Gasteiger partial charge in [-0.2, -0.15) is 0 Å². The summed E-state index contributed by atoms with van der Waals surface area (Å²) in [7, 11) is 0. The number of aliphatic carboxylic acids is 1. The zero-order valence-corrected chi connectivity index (χ0v) is 15.4. The third-order valence-corrected chi connectivity index (χ3v) is 5.59. The smallest absolute Gasteiger partial charge is 0.306 e. The summed E-state index contributed by atoms with van der Waals surface area (Å²) in [6.45, 7) is 2.18. The number of thiophene rings is 1. The maximum atomic E-state index is 12.8. The van der Waals surface area contributed by atoms with Gasteiger partial charge in [0.15, 0.2) is 11.5 Å². The van der Waals surface area contributed by atoms with Gasteiger partial charge in [-0.25, -0.2) is 0 Å². The van der Waals surface area contributed by atoms with Gasteiger partial charge in [-0.15, -0.1) is 11.3 Å². The van der Waals surface area contributed by atoms with Crippen LogP contribution in [0.3, 0.4) is 0 Å². The molecule has 8 heteroatoms. The number of ether oxygens (including phenoxy) is 3. The van der Waals surface area contributed by atoms with Gasteiger partial charge in [0.2, 0.25) is 0 Å². The lowest BCUT2D eigenvalue weighted by molar-refractivity contribution is -0.141. The minimum Gasteiger partial charge on any atom is -0.486 e. The number of carbonyl (C=O) groups is 2. The topological polar surface area (TPSA) is 85.3 Å². The molecular weight excluding hydrogens is 370 g/mol. The standard InChI is InChI=1S/C19H19NO6S/c21-18(22)10-13-11-20(5-6-24-13)19(23)17-4-3-16(27-17)12-1-2-14-15(9-12)26-8-7-25-14/h1-4,9,13H,5-8,10-11H2,(H,21,22). The summed E-state index contributed by atoms with van der Waals surface area (Å²) in [4.78, 5) is 26.9. The highest BCUT2D eigenvalue weighted by Gasteiger charge is 2.27. The lowest BCUT2D eigenvalue weighted by atomic mass is 10.1. The second-order valence-electron chi connectivity index (χ2n) is 6.36. The van der Waals surface area contributed by atoms with Crippen LogP contribution in [0.1, 0.15) is 16.1 Å². The van der Waals surface area contributed by atoms with Gasteiger partial charge in [-0.05, 0) is 35.9 Å². The first-order valence-electron chi connectivity index (χ1n) is 8.72. The predicted octanol–water partition coefficient (Wildman–Crippen LogP) is 2.50. The zero-order chi connectivity index (χ0) is 18.8. The molecule has 1 fully saturated rings. The molecule has 1 N–H and O–H groups in total. The highest BCUT2D eigenvalue weighted by molar-refractivity contribution is 7.17. The molecule has 2 aromatic rings. The third kappa shape index (κ3) is 3.91. The Morgan fingerprint density at radius 3 is 2.74 bits per heavy atom. The molecule has 0 radical (unpaired) electrons. The van der Waals surface area contributed by atoms with Crippen molar-refractivity contribution in [2.75, 3.05) is 32.9 Å². The Hall–Kier alpha value is -2.58. The fraction of sp³-hybridized carbons (Fsp3) is 0.368. The van der Waals surface area contributed by atoms with Crippen LogP contribution in [0.25, 0.3) is 10.4 Å². The molecule has 2 aliphatic heterocycles. The Labute approximate surface area is 160 Å². The summed E-state index contributed by atoms with van der Waals surface area (Å²) < 4.78 is 16.6. The van der Waals surface area contributed by atoms with Crippen LogP contribution in [0.15, 0.2) is 30.3 Å². The summed E-state index contributed by atoms with van der Waals surface area (Å²) in [6, 6.07) is 9.47. The number of rotatable bonds is 4. The molecule has 3 heterocycles. The van der Waals surface area contributed by atoms with Crippen LogP contribution in [0.5, 0.6) is 11.5 Å². The van der Waals surface area contributed by atoms with Crippen LogP contribution in [0, 0.1) is 0 Å². The van der Waals surface area contributed by atoms with E-state index in [0.717, 1.165) is 16.2 Å².